The number of thiazole rings is 1. The second-order valence-corrected chi connectivity index (χ2v) is 9.01. The first-order valence-corrected chi connectivity index (χ1v) is 11.4. The summed E-state index contributed by atoms with van der Waals surface area (Å²) in [5.74, 6) is -1.23. The molecular weight excluding hydrogens is 442 g/mol. The summed E-state index contributed by atoms with van der Waals surface area (Å²) in [7, 11) is -2.78. The maximum atomic E-state index is 14.1. The van der Waals surface area contributed by atoms with Gasteiger partial charge in [0.05, 0.1) is 23.4 Å². The molecule has 0 amide bonds. The highest BCUT2D eigenvalue weighted by molar-refractivity contribution is 7.92. The Morgan fingerprint density at radius 3 is 2.35 bits per heavy atom. The van der Waals surface area contributed by atoms with Crippen LogP contribution in [0.3, 0.4) is 0 Å². The SMILES string of the molecule is COc1ccc(S(=O)(=O)Nc2ccccc2-c2csc(-c3ccccc3F)n2)cc1F. The van der Waals surface area contributed by atoms with Crippen molar-refractivity contribution in [1.29, 1.82) is 0 Å². The minimum absolute atomic E-state index is 0.0532. The van der Waals surface area contributed by atoms with E-state index >= 15 is 0 Å². The van der Waals surface area contributed by atoms with Crippen molar-refractivity contribution < 1.29 is 21.9 Å². The molecule has 0 radical (unpaired) electrons. The van der Waals surface area contributed by atoms with Gasteiger partial charge < -0.3 is 4.74 Å². The number of benzene rings is 3. The molecule has 4 aromatic rings. The van der Waals surface area contributed by atoms with E-state index in [4.69, 9.17) is 4.74 Å². The van der Waals surface area contributed by atoms with E-state index in [2.05, 4.69) is 9.71 Å². The molecule has 158 valence electrons. The molecule has 1 heterocycles. The highest BCUT2D eigenvalue weighted by Crippen LogP contribution is 2.34. The number of anilines is 1. The first kappa shape index (κ1) is 21.0. The normalized spacial score (nSPS) is 11.3. The average molecular weight is 459 g/mol. The first-order chi connectivity index (χ1) is 14.9. The van der Waals surface area contributed by atoms with Gasteiger partial charge in [0.1, 0.15) is 10.8 Å². The second-order valence-electron chi connectivity index (χ2n) is 6.47. The molecule has 0 fully saturated rings. The largest absolute Gasteiger partial charge is 0.494 e. The second kappa shape index (κ2) is 8.44. The van der Waals surface area contributed by atoms with E-state index in [1.54, 1.807) is 47.8 Å². The monoisotopic (exact) mass is 458 g/mol. The molecule has 5 nitrogen and oxygen atoms in total. The topological polar surface area (TPSA) is 68.3 Å². The fourth-order valence-electron chi connectivity index (χ4n) is 2.97. The fourth-order valence-corrected chi connectivity index (χ4v) is 4.91. The van der Waals surface area contributed by atoms with E-state index in [1.807, 2.05) is 0 Å². The van der Waals surface area contributed by atoms with Crippen molar-refractivity contribution in [2.75, 3.05) is 11.8 Å². The number of halogens is 2. The lowest BCUT2D eigenvalue weighted by atomic mass is 10.1. The van der Waals surface area contributed by atoms with Crippen molar-refractivity contribution in [2.45, 2.75) is 4.90 Å². The molecule has 0 aliphatic carbocycles. The molecule has 0 aliphatic heterocycles. The molecule has 0 aliphatic rings. The lowest BCUT2D eigenvalue weighted by Gasteiger charge is -2.12. The minimum Gasteiger partial charge on any atom is -0.494 e. The number of hydrogen-bond donors (Lipinski definition) is 1. The van der Waals surface area contributed by atoms with Gasteiger partial charge >= 0.3 is 0 Å². The van der Waals surface area contributed by atoms with E-state index in [-0.39, 0.29) is 22.1 Å². The van der Waals surface area contributed by atoms with Crippen LogP contribution in [0, 0.1) is 11.6 Å². The van der Waals surface area contributed by atoms with Gasteiger partial charge in [-0.2, -0.15) is 0 Å². The van der Waals surface area contributed by atoms with E-state index < -0.39 is 15.8 Å². The quantitative estimate of drug-likeness (QED) is 0.411. The number of aromatic nitrogens is 1. The van der Waals surface area contributed by atoms with Crippen molar-refractivity contribution in [3.63, 3.8) is 0 Å². The molecule has 1 aromatic heterocycles. The number of methoxy groups -OCH3 is 1. The summed E-state index contributed by atoms with van der Waals surface area (Å²) in [6, 6.07) is 16.4. The molecule has 31 heavy (non-hydrogen) atoms. The zero-order valence-electron chi connectivity index (χ0n) is 16.2. The Balaban J connectivity index is 1.69. The summed E-state index contributed by atoms with van der Waals surface area (Å²) in [5, 5.41) is 2.20. The third-order valence-corrected chi connectivity index (χ3v) is 6.73. The summed E-state index contributed by atoms with van der Waals surface area (Å²) in [6.07, 6.45) is 0. The third kappa shape index (κ3) is 4.28. The third-order valence-electron chi connectivity index (χ3n) is 4.49. The van der Waals surface area contributed by atoms with Gasteiger partial charge in [-0.05, 0) is 36.4 Å². The van der Waals surface area contributed by atoms with Crippen molar-refractivity contribution in [2.24, 2.45) is 0 Å². The Morgan fingerprint density at radius 1 is 0.935 bits per heavy atom. The maximum absolute atomic E-state index is 14.1. The lowest BCUT2D eigenvalue weighted by Crippen LogP contribution is -2.14. The van der Waals surface area contributed by atoms with Gasteiger partial charge in [0.2, 0.25) is 0 Å². The highest BCUT2D eigenvalue weighted by Gasteiger charge is 2.20. The molecule has 0 spiro atoms. The molecule has 3 aromatic carbocycles. The minimum atomic E-state index is -4.07. The zero-order chi connectivity index (χ0) is 22.0. The van der Waals surface area contributed by atoms with Crippen LogP contribution in [0.1, 0.15) is 0 Å². The molecular formula is C22H16F2N2O3S2. The number of hydrogen-bond acceptors (Lipinski definition) is 5. The van der Waals surface area contributed by atoms with Gasteiger partial charge in [0.25, 0.3) is 10.0 Å². The lowest BCUT2D eigenvalue weighted by molar-refractivity contribution is 0.385. The van der Waals surface area contributed by atoms with Crippen LogP contribution in [0.5, 0.6) is 5.75 Å². The number of ether oxygens (including phenoxy) is 1. The maximum Gasteiger partial charge on any atom is 0.262 e. The number of para-hydroxylation sites is 1. The van der Waals surface area contributed by atoms with Crippen LogP contribution in [-0.2, 0) is 10.0 Å². The Hall–Kier alpha value is -3.30. The summed E-state index contributed by atoms with van der Waals surface area (Å²) in [4.78, 5) is 4.23. The van der Waals surface area contributed by atoms with Crippen molar-refractivity contribution in [1.82, 2.24) is 4.98 Å². The number of sulfonamides is 1. The first-order valence-electron chi connectivity index (χ1n) is 9.05. The number of rotatable bonds is 6. The van der Waals surface area contributed by atoms with E-state index in [0.29, 0.717) is 21.8 Å². The summed E-state index contributed by atoms with van der Waals surface area (Å²) in [5.41, 5.74) is 1.64. The molecule has 0 saturated carbocycles. The van der Waals surface area contributed by atoms with Crippen LogP contribution < -0.4 is 9.46 Å². The Labute approximate surface area is 182 Å². The molecule has 4 rings (SSSR count). The van der Waals surface area contributed by atoms with E-state index in [1.165, 1.54) is 36.6 Å². The molecule has 9 heteroatoms. The van der Waals surface area contributed by atoms with E-state index in [9.17, 15) is 17.2 Å². The summed E-state index contributed by atoms with van der Waals surface area (Å²) >= 11 is 1.25. The average Bonchev–Trinajstić information content (AvgIpc) is 3.24. The van der Waals surface area contributed by atoms with E-state index in [0.717, 1.165) is 6.07 Å². The number of nitrogens with zero attached hydrogens (tertiary/aromatic N) is 1. The smallest absolute Gasteiger partial charge is 0.262 e. The molecule has 1 N–H and O–H groups in total. The van der Waals surface area contributed by atoms with Gasteiger partial charge in [-0.1, -0.05) is 30.3 Å². The van der Waals surface area contributed by atoms with Crippen molar-refractivity contribution in [3.05, 3.63) is 83.7 Å². The van der Waals surface area contributed by atoms with Crippen LogP contribution in [0.4, 0.5) is 14.5 Å². The Kier molecular flexibility index (Phi) is 5.71. The van der Waals surface area contributed by atoms with Crippen LogP contribution in [0.2, 0.25) is 0 Å². The Morgan fingerprint density at radius 2 is 1.65 bits per heavy atom. The fraction of sp³-hybridized carbons (Fsp3) is 0.0455. The van der Waals surface area contributed by atoms with Crippen LogP contribution in [-0.4, -0.2) is 20.5 Å². The van der Waals surface area contributed by atoms with Gasteiger partial charge in [-0.15, -0.1) is 11.3 Å². The molecule has 0 atom stereocenters. The molecule has 0 saturated heterocycles. The summed E-state index contributed by atoms with van der Waals surface area (Å²) < 4.78 is 61.1. The standard InChI is InChI=1S/C22H16F2N2O3S2/c1-29-21-11-10-14(12-18(21)24)31(27,28)26-19-9-5-3-7-16(19)20-13-30-22(25-20)15-6-2-4-8-17(15)23/h2-13,26H,1H3. The van der Waals surface area contributed by atoms with Gasteiger partial charge in [-0.3, -0.25) is 4.72 Å². The predicted octanol–water partition coefficient (Wildman–Crippen LogP) is 5.56. The summed E-state index contributed by atoms with van der Waals surface area (Å²) in [6.45, 7) is 0. The highest BCUT2D eigenvalue weighted by atomic mass is 32.2. The van der Waals surface area contributed by atoms with Crippen LogP contribution in [0.25, 0.3) is 21.8 Å². The van der Waals surface area contributed by atoms with Crippen molar-refractivity contribution in [3.8, 4) is 27.6 Å². The zero-order valence-corrected chi connectivity index (χ0v) is 17.8. The van der Waals surface area contributed by atoms with Crippen molar-refractivity contribution >= 4 is 27.0 Å². The molecule has 0 bridgehead atoms. The van der Waals surface area contributed by atoms with Gasteiger partial charge in [-0.25, -0.2) is 22.2 Å². The number of nitrogens with one attached hydrogen (secondary N) is 1. The van der Waals surface area contributed by atoms with Gasteiger partial charge in [0.15, 0.2) is 11.6 Å². The Bertz CT molecular complexity index is 1350. The predicted molar refractivity (Wildman–Crippen MR) is 117 cm³/mol. The molecule has 0 unspecified atom stereocenters. The van der Waals surface area contributed by atoms with Gasteiger partial charge in [0, 0.05) is 16.5 Å². The van der Waals surface area contributed by atoms with Crippen LogP contribution >= 0.6 is 11.3 Å². The van der Waals surface area contributed by atoms with Crippen LogP contribution in [0.15, 0.2) is 77.0 Å².